The van der Waals surface area contributed by atoms with E-state index in [1.165, 1.54) is 6.07 Å². The summed E-state index contributed by atoms with van der Waals surface area (Å²) in [6.07, 6.45) is 0.449. The summed E-state index contributed by atoms with van der Waals surface area (Å²) in [5, 5.41) is 0. The van der Waals surface area contributed by atoms with Crippen molar-refractivity contribution in [3.8, 4) is 0 Å². The molecular formula is C13H18FNO2. The molecule has 4 heteroatoms. The molecule has 0 fully saturated rings. The molecule has 0 amide bonds. The molecule has 0 aliphatic carbocycles. The number of benzene rings is 1. The van der Waals surface area contributed by atoms with Crippen LogP contribution in [0.1, 0.15) is 32.3 Å². The molecule has 1 rings (SSSR count). The summed E-state index contributed by atoms with van der Waals surface area (Å²) in [4.78, 5) is 11.5. The van der Waals surface area contributed by atoms with Crippen molar-refractivity contribution < 1.29 is 13.9 Å². The molecule has 0 aromatic heterocycles. The fraction of sp³-hybridized carbons (Fsp3) is 0.462. The van der Waals surface area contributed by atoms with E-state index in [4.69, 9.17) is 10.5 Å². The average molecular weight is 239 g/mol. The van der Waals surface area contributed by atoms with Gasteiger partial charge in [-0.3, -0.25) is 4.79 Å². The van der Waals surface area contributed by atoms with E-state index >= 15 is 0 Å². The third-order valence-corrected chi connectivity index (χ3v) is 2.81. The van der Waals surface area contributed by atoms with Crippen LogP contribution in [0.4, 0.5) is 4.39 Å². The third-order valence-electron chi connectivity index (χ3n) is 2.81. The van der Waals surface area contributed by atoms with Gasteiger partial charge in [-0.1, -0.05) is 25.1 Å². The van der Waals surface area contributed by atoms with Gasteiger partial charge in [-0.15, -0.1) is 0 Å². The molecule has 0 saturated heterocycles. The summed E-state index contributed by atoms with van der Waals surface area (Å²) in [7, 11) is 0. The highest BCUT2D eigenvalue weighted by molar-refractivity contribution is 5.71. The van der Waals surface area contributed by atoms with E-state index in [1.54, 1.807) is 25.1 Å². The fourth-order valence-electron chi connectivity index (χ4n) is 1.75. The highest BCUT2D eigenvalue weighted by atomic mass is 19.1. The van der Waals surface area contributed by atoms with Crippen LogP contribution in [0, 0.1) is 5.82 Å². The standard InChI is InChI=1S/C13H18FNO2/c1-3-13(15,9-12(16)17-4-2)10-7-5-6-8-11(10)14/h5-8H,3-4,9,15H2,1-2H3/t13-/m0/s1. The van der Waals surface area contributed by atoms with Gasteiger partial charge in [-0.2, -0.15) is 0 Å². The summed E-state index contributed by atoms with van der Waals surface area (Å²) < 4.78 is 18.5. The van der Waals surface area contributed by atoms with E-state index in [0.717, 1.165) is 0 Å². The first-order chi connectivity index (χ1) is 8.03. The highest BCUT2D eigenvalue weighted by Gasteiger charge is 2.31. The topological polar surface area (TPSA) is 52.3 Å². The number of nitrogens with two attached hydrogens (primary N) is 1. The molecule has 0 bridgehead atoms. The number of esters is 1. The second kappa shape index (κ2) is 5.77. The molecule has 0 radical (unpaired) electrons. The van der Waals surface area contributed by atoms with Crippen molar-refractivity contribution in [2.24, 2.45) is 5.73 Å². The van der Waals surface area contributed by atoms with Crippen LogP contribution in [0.2, 0.25) is 0 Å². The predicted molar refractivity (Wildman–Crippen MR) is 63.8 cm³/mol. The number of hydrogen-bond acceptors (Lipinski definition) is 3. The molecule has 2 N–H and O–H groups in total. The van der Waals surface area contributed by atoms with E-state index in [-0.39, 0.29) is 12.2 Å². The van der Waals surface area contributed by atoms with E-state index in [1.807, 2.05) is 6.92 Å². The monoisotopic (exact) mass is 239 g/mol. The minimum Gasteiger partial charge on any atom is -0.466 e. The first kappa shape index (κ1) is 13.6. The highest BCUT2D eigenvalue weighted by Crippen LogP contribution is 2.28. The zero-order chi connectivity index (χ0) is 12.9. The summed E-state index contributed by atoms with van der Waals surface area (Å²) in [5.74, 6) is -0.791. The van der Waals surface area contributed by atoms with Gasteiger partial charge < -0.3 is 10.5 Å². The second-order valence-electron chi connectivity index (χ2n) is 3.97. The van der Waals surface area contributed by atoms with E-state index in [9.17, 15) is 9.18 Å². The molecule has 94 valence electrons. The van der Waals surface area contributed by atoms with Gasteiger partial charge >= 0.3 is 5.97 Å². The summed E-state index contributed by atoms with van der Waals surface area (Å²) >= 11 is 0. The van der Waals surface area contributed by atoms with Crippen molar-refractivity contribution >= 4 is 5.97 Å². The Balaban J connectivity index is 2.96. The lowest BCUT2D eigenvalue weighted by atomic mass is 9.85. The Labute approximate surface area is 101 Å². The van der Waals surface area contributed by atoms with E-state index < -0.39 is 11.5 Å². The van der Waals surface area contributed by atoms with Gasteiger partial charge in [0.15, 0.2) is 0 Å². The van der Waals surface area contributed by atoms with E-state index in [2.05, 4.69) is 0 Å². The van der Waals surface area contributed by atoms with Crippen molar-refractivity contribution in [3.05, 3.63) is 35.6 Å². The van der Waals surface area contributed by atoms with Crippen LogP contribution in [0.25, 0.3) is 0 Å². The predicted octanol–water partition coefficient (Wildman–Crippen LogP) is 2.34. The quantitative estimate of drug-likeness (QED) is 0.802. The van der Waals surface area contributed by atoms with Crippen molar-refractivity contribution in [2.75, 3.05) is 6.61 Å². The Morgan fingerprint density at radius 2 is 2.06 bits per heavy atom. The molecule has 0 saturated carbocycles. The summed E-state index contributed by atoms with van der Waals surface area (Å²) in [6, 6.07) is 6.26. The van der Waals surface area contributed by atoms with Crippen LogP contribution in [-0.2, 0) is 15.1 Å². The molecular weight excluding hydrogens is 221 g/mol. The largest absolute Gasteiger partial charge is 0.466 e. The first-order valence-electron chi connectivity index (χ1n) is 5.73. The van der Waals surface area contributed by atoms with Crippen LogP contribution in [0.3, 0.4) is 0 Å². The molecule has 17 heavy (non-hydrogen) atoms. The van der Waals surface area contributed by atoms with Crippen molar-refractivity contribution in [1.29, 1.82) is 0 Å². The van der Waals surface area contributed by atoms with Gasteiger partial charge in [0, 0.05) is 5.56 Å². The molecule has 0 aliphatic heterocycles. The van der Waals surface area contributed by atoms with Crippen molar-refractivity contribution in [3.63, 3.8) is 0 Å². The lowest BCUT2D eigenvalue weighted by molar-refractivity contribution is -0.144. The number of ether oxygens (including phenoxy) is 1. The molecule has 0 spiro atoms. The molecule has 3 nitrogen and oxygen atoms in total. The second-order valence-corrected chi connectivity index (χ2v) is 3.97. The minimum atomic E-state index is -1.00. The number of rotatable bonds is 5. The molecule has 0 aliphatic rings. The normalized spacial score (nSPS) is 14.1. The van der Waals surface area contributed by atoms with Gasteiger partial charge in [-0.25, -0.2) is 4.39 Å². The maximum atomic E-state index is 13.7. The maximum Gasteiger partial charge on any atom is 0.307 e. The number of carbonyl (C=O) groups excluding carboxylic acids is 1. The first-order valence-corrected chi connectivity index (χ1v) is 5.73. The van der Waals surface area contributed by atoms with Crippen LogP contribution in [0.15, 0.2) is 24.3 Å². The summed E-state index contributed by atoms with van der Waals surface area (Å²) in [5.41, 5.74) is 5.46. The number of halogens is 1. The SMILES string of the molecule is CCOC(=O)C[C@@](N)(CC)c1ccccc1F. The molecule has 1 aromatic carbocycles. The molecule has 1 aromatic rings. The van der Waals surface area contributed by atoms with Gasteiger partial charge in [-0.05, 0) is 19.4 Å². The van der Waals surface area contributed by atoms with Gasteiger partial charge in [0.25, 0.3) is 0 Å². The Kier molecular flexibility index (Phi) is 4.63. The lowest BCUT2D eigenvalue weighted by Gasteiger charge is -2.28. The van der Waals surface area contributed by atoms with Crippen LogP contribution >= 0.6 is 0 Å². The Morgan fingerprint density at radius 1 is 1.41 bits per heavy atom. The van der Waals surface area contributed by atoms with Crippen molar-refractivity contribution in [1.82, 2.24) is 0 Å². The van der Waals surface area contributed by atoms with E-state index in [0.29, 0.717) is 18.6 Å². The zero-order valence-electron chi connectivity index (χ0n) is 10.2. The molecule has 0 unspecified atom stereocenters. The summed E-state index contributed by atoms with van der Waals surface area (Å²) in [6.45, 7) is 3.85. The molecule has 0 heterocycles. The number of hydrogen-bond donors (Lipinski definition) is 1. The Morgan fingerprint density at radius 3 is 2.59 bits per heavy atom. The molecule has 1 atom stereocenters. The third kappa shape index (κ3) is 3.27. The lowest BCUT2D eigenvalue weighted by Crippen LogP contribution is -2.39. The fourth-order valence-corrected chi connectivity index (χ4v) is 1.75. The maximum absolute atomic E-state index is 13.7. The average Bonchev–Trinajstić information content (AvgIpc) is 2.29. The van der Waals surface area contributed by atoms with Crippen LogP contribution in [0.5, 0.6) is 0 Å². The zero-order valence-corrected chi connectivity index (χ0v) is 10.2. The van der Waals surface area contributed by atoms with Gasteiger partial charge in [0.05, 0.1) is 18.6 Å². The van der Waals surface area contributed by atoms with Gasteiger partial charge in [0.2, 0.25) is 0 Å². The van der Waals surface area contributed by atoms with Crippen LogP contribution < -0.4 is 5.73 Å². The Hall–Kier alpha value is -1.42. The smallest absolute Gasteiger partial charge is 0.307 e. The Bertz CT molecular complexity index is 395. The minimum absolute atomic E-state index is 0.0156. The van der Waals surface area contributed by atoms with Crippen molar-refractivity contribution in [2.45, 2.75) is 32.2 Å². The van der Waals surface area contributed by atoms with Crippen LogP contribution in [-0.4, -0.2) is 12.6 Å². The van der Waals surface area contributed by atoms with Gasteiger partial charge in [0.1, 0.15) is 5.82 Å². The number of carbonyl (C=O) groups is 1.